The average Bonchev–Trinajstić information content (AvgIpc) is 2.90. The summed E-state index contributed by atoms with van der Waals surface area (Å²) >= 11 is 6.48. The summed E-state index contributed by atoms with van der Waals surface area (Å²) in [5, 5.41) is 2.79. The molecule has 1 aliphatic heterocycles. The van der Waals surface area contributed by atoms with Crippen molar-refractivity contribution in [2.75, 3.05) is 19.0 Å². The number of carbonyl (C=O) groups is 2. The standard InChI is InChI=1S/C20H18N2O3S2/c1-13-4-3-5-15(10-13)21-18(23)12-22-19(24)17(27-20(22)26)11-14-6-8-16(25-2)9-7-14/h3-11H,12H2,1-2H3,(H,21,23)/b17-11+. The topological polar surface area (TPSA) is 58.6 Å². The number of anilines is 1. The predicted molar refractivity (Wildman–Crippen MR) is 113 cm³/mol. The normalized spacial score (nSPS) is 15.3. The van der Waals surface area contributed by atoms with Gasteiger partial charge in [0.05, 0.1) is 12.0 Å². The molecule has 0 bridgehead atoms. The van der Waals surface area contributed by atoms with E-state index in [2.05, 4.69) is 5.32 Å². The molecule has 0 atom stereocenters. The van der Waals surface area contributed by atoms with Gasteiger partial charge < -0.3 is 10.1 Å². The second-order valence-electron chi connectivity index (χ2n) is 5.96. The number of hydrogen-bond donors (Lipinski definition) is 1. The molecule has 0 radical (unpaired) electrons. The Morgan fingerprint density at radius 2 is 2.00 bits per heavy atom. The summed E-state index contributed by atoms with van der Waals surface area (Å²) in [7, 11) is 1.60. The number of thioether (sulfide) groups is 1. The van der Waals surface area contributed by atoms with Crippen molar-refractivity contribution in [2.24, 2.45) is 0 Å². The Morgan fingerprint density at radius 3 is 2.67 bits per heavy atom. The van der Waals surface area contributed by atoms with Crippen LogP contribution in [0.1, 0.15) is 11.1 Å². The molecular weight excluding hydrogens is 380 g/mol. The van der Waals surface area contributed by atoms with E-state index in [0.29, 0.717) is 14.9 Å². The van der Waals surface area contributed by atoms with E-state index >= 15 is 0 Å². The Bertz CT molecular complexity index is 923. The maximum absolute atomic E-state index is 12.6. The quantitative estimate of drug-likeness (QED) is 0.613. The van der Waals surface area contributed by atoms with E-state index < -0.39 is 0 Å². The van der Waals surface area contributed by atoms with E-state index in [1.807, 2.05) is 49.4 Å². The van der Waals surface area contributed by atoms with Crippen LogP contribution in [0, 0.1) is 6.92 Å². The Kier molecular flexibility index (Phi) is 5.93. The molecule has 27 heavy (non-hydrogen) atoms. The highest BCUT2D eigenvalue weighted by Gasteiger charge is 2.33. The fourth-order valence-corrected chi connectivity index (χ4v) is 3.81. The van der Waals surface area contributed by atoms with Crippen LogP contribution in [0.15, 0.2) is 53.4 Å². The van der Waals surface area contributed by atoms with Crippen LogP contribution in [0.25, 0.3) is 6.08 Å². The van der Waals surface area contributed by atoms with Crippen LogP contribution >= 0.6 is 24.0 Å². The zero-order valence-corrected chi connectivity index (χ0v) is 16.5. The van der Waals surface area contributed by atoms with E-state index in [4.69, 9.17) is 17.0 Å². The third kappa shape index (κ3) is 4.75. The van der Waals surface area contributed by atoms with Crippen LogP contribution in [-0.2, 0) is 9.59 Å². The molecule has 2 aromatic carbocycles. The summed E-state index contributed by atoms with van der Waals surface area (Å²) in [5.74, 6) is 0.190. The first-order valence-corrected chi connectivity index (χ1v) is 9.44. The Hall–Kier alpha value is -2.64. The van der Waals surface area contributed by atoms with Crippen LogP contribution in [0.3, 0.4) is 0 Å². The van der Waals surface area contributed by atoms with Gasteiger partial charge in [0.15, 0.2) is 0 Å². The van der Waals surface area contributed by atoms with Crippen molar-refractivity contribution in [3.05, 3.63) is 64.6 Å². The number of thiocarbonyl (C=S) groups is 1. The molecule has 5 nitrogen and oxygen atoms in total. The van der Waals surface area contributed by atoms with E-state index in [9.17, 15) is 9.59 Å². The minimum Gasteiger partial charge on any atom is -0.497 e. The number of hydrogen-bond acceptors (Lipinski definition) is 5. The van der Waals surface area contributed by atoms with Crippen LogP contribution in [0.5, 0.6) is 5.75 Å². The van der Waals surface area contributed by atoms with Gasteiger partial charge in [0.2, 0.25) is 5.91 Å². The van der Waals surface area contributed by atoms with Crippen molar-refractivity contribution in [1.82, 2.24) is 4.90 Å². The molecule has 2 amide bonds. The lowest BCUT2D eigenvalue weighted by Crippen LogP contribution is -2.36. The zero-order valence-electron chi connectivity index (χ0n) is 14.9. The van der Waals surface area contributed by atoms with Gasteiger partial charge in [-0.2, -0.15) is 0 Å². The molecule has 138 valence electrons. The first-order chi connectivity index (χ1) is 13.0. The third-order valence-electron chi connectivity index (χ3n) is 3.89. The summed E-state index contributed by atoms with van der Waals surface area (Å²) in [5.41, 5.74) is 2.60. The number of ether oxygens (including phenoxy) is 1. The first-order valence-electron chi connectivity index (χ1n) is 8.22. The summed E-state index contributed by atoms with van der Waals surface area (Å²) in [6.07, 6.45) is 1.76. The average molecular weight is 399 g/mol. The van der Waals surface area contributed by atoms with Crippen LogP contribution in [0.2, 0.25) is 0 Å². The van der Waals surface area contributed by atoms with Crippen molar-refractivity contribution in [2.45, 2.75) is 6.92 Å². The Balaban J connectivity index is 1.68. The minimum absolute atomic E-state index is 0.113. The SMILES string of the molecule is COc1ccc(/C=C2/SC(=S)N(CC(=O)Nc3cccc(C)c3)C2=O)cc1. The molecule has 7 heteroatoms. The lowest BCUT2D eigenvalue weighted by atomic mass is 10.2. The molecule has 0 spiro atoms. The monoisotopic (exact) mass is 398 g/mol. The largest absolute Gasteiger partial charge is 0.497 e. The third-order valence-corrected chi connectivity index (χ3v) is 5.27. The summed E-state index contributed by atoms with van der Waals surface area (Å²) in [6, 6.07) is 14.8. The molecule has 1 fully saturated rings. The van der Waals surface area contributed by atoms with Gasteiger partial charge in [-0.25, -0.2) is 0 Å². The highest BCUT2D eigenvalue weighted by atomic mass is 32.2. The molecule has 1 N–H and O–H groups in total. The van der Waals surface area contributed by atoms with Gasteiger partial charge in [-0.1, -0.05) is 48.2 Å². The predicted octanol–water partition coefficient (Wildman–Crippen LogP) is 3.84. The van der Waals surface area contributed by atoms with Gasteiger partial charge in [-0.15, -0.1) is 0 Å². The maximum Gasteiger partial charge on any atom is 0.266 e. The van der Waals surface area contributed by atoms with Crippen LogP contribution in [0.4, 0.5) is 5.69 Å². The van der Waals surface area contributed by atoms with Crippen molar-refractivity contribution >= 4 is 51.9 Å². The maximum atomic E-state index is 12.6. The Labute approximate surface area is 167 Å². The second kappa shape index (κ2) is 8.37. The van der Waals surface area contributed by atoms with Gasteiger partial charge in [-0.3, -0.25) is 14.5 Å². The molecule has 1 heterocycles. The van der Waals surface area contributed by atoms with E-state index in [1.54, 1.807) is 19.3 Å². The molecule has 0 aromatic heterocycles. The van der Waals surface area contributed by atoms with Crippen molar-refractivity contribution < 1.29 is 14.3 Å². The number of aryl methyl sites for hydroxylation is 1. The summed E-state index contributed by atoms with van der Waals surface area (Å²) < 4.78 is 5.50. The van der Waals surface area contributed by atoms with Crippen LogP contribution in [-0.4, -0.2) is 34.7 Å². The molecule has 1 saturated heterocycles. The van der Waals surface area contributed by atoms with E-state index in [0.717, 1.165) is 16.9 Å². The minimum atomic E-state index is -0.289. The number of amides is 2. The smallest absolute Gasteiger partial charge is 0.266 e. The molecule has 2 aromatic rings. The molecule has 0 unspecified atom stereocenters. The number of nitrogens with zero attached hydrogens (tertiary/aromatic N) is 1. The highest BCUT2D eigenvalue weighted by molar-refractivity contribution is 8.26. The fraction of sp³-hybridized carbons (Fsp3) is 0.150. The van der Waals surface area contributed by atoms with Gasteiger partial charge in [0, 0.05) is 5.69 Å². The van der Waals surface area contributed by atoms with Crippen LogP contribution < -0.4 is 10.1 Å². The molecular formula is C20H18N2O3S2. The van der Waals surface area contributed by atoms with Gasteiger partial charge in [0.25, 0.3) is 5.91 Å². The fourth-order valence-electron chi connectivity index (χ4n) is 2.55. The number of rotatable bonds is 5. The first kappa shape index (κ1) is 19.1. The highest BCUT2D eigenvalue weighted by Crippen LogP contribution is 2.32. The summed E-state index contributed by atoms with van der Waals surface area (Å²) in [4.78, 5) is 26.7. The van der Waals surface area contributed by atoms with Crippen molar-refractivity contribution in [3.63, 3.8) is 0 Å². The van der Waals surface area contributed by atoms with Gasteiger partial charge in [-0.05, 0) is 48.4 Å². The second-order valence-corrected chi connectivity index (χ2v) is 7.63. The van der Waals surface area contributed by atoms with E-state index in [1.165, 1.54) is 16.7 Å². The molecule has 0 aliphatic carbocycles. The number of methoxy groups -OCH3 is 1. The molecule has 3 rings (SSSR count). The molecule has 0 saturated carbocycles. The molecule has 1 aliphatic rings. The van der Waals surface area contributed by atoms with Gasteiger partial charge >= 0.3 is 0 Å². The van der Waals surface area contributed by atoms with Gasteiger partial charge in [0.1, 0.15) is 16.6 Å². The zero-order chi connectivity index (χ0) is 19.4. The number of nitrogens with one attached hydrogen (secondary N) is 1. The lowest BCUT2D eigenvalue weighted by Gasteiger charge is -2.14. The van der Waals surface area contributed by atoms with Crippen molar-refractivity contribution in [3.8, 4) is 5.75 Å². The number of benzene rings is 2. The summed E-state index contributed by atoms with van der Waals surface area (Å²) in [6.45, 7) is 1.83. The Morgan fingerprint density at radius 1 is 1.26 bits per heavy atom. The van der Waals surface area contributed by atoms with Crippen molar-refractivity contribution in [1.29, 1.82) is 0 Å². The lowest BCUT2D eigenvalue weighted by molar-refractivity contribution is -0.126. The van der Waals surface area contributed by atoms with E-state index in [-0.39, 0.29) is 18.4 Å². The number of carbonyl (C=O) groups excluding carboxylic acids is 2.